The third-order valence-electron chi connectivity index (χ3n) is 0.752. The summed E-state index contributed by atoms with van der Waals surface area (Å²) in [6.07, 6.45) is 0.0128. The molecule has 0 N–H and O–H groups in total. The van der Waals surface area contributed by atoms with E-state index in [1.54, 1.807) is 6.66 Å². The molecule has 0 aromatic carbocycles. The van der Waals surface area contributed by atoms with Crippen molar-refractivity contribution >= 4 is 7.37 Å². The molecule has 0 heterocycles. The van der Waals surface area contributed by atoms with Gasteiger partial charge in [-0.25, -0.2) is 0 Å². The van der Waals surface area contributed by atoms with Crippen LogP contribution in [0.15, 0.2) is 12.4 Å². The summed E-state index contributed by atoms with van der Waals surface area (Å²) in [4.78, 5) is 0. The van der Waals surface area contributed by atoms with Crippen LogP contribution < -0.4 is 0 Å². The zero-order valence-corrected chi connectivity index (χ0v) is 7.02. The summed E-state index contributed by atoms with van der Waals surface area (Å²) in [6, 6.07) is 0. The van der Waals surface area contributed by atoms with E-state index in [9.17, 15) is 4.57 Å². The van der Waals surface area contributed by atoms with Crippen molar-refractivity contribution in [3.8, 4) is 0 Å². The predicted octanol–water partition coefficient (Wildman–Crippen LogP) is 2.46. The third-order valence-corrected chi connectivity index (χ3v) is 2.26. The summed E-state index contributed by atoms with van der Waals surface area (Å²) in [6.45, 7) is 8.65. The number of hydrogen-bond donors (Lipinski definition) is 0. The molecule has 0 aliphatic carbocycles. The van der Waals surface area contributed by atoms with Crippen molar-refractivity contribution < 1.29 is 9.09 Å². The molecule has 0 fully saturated rings. The molecule has 0 aliphatic rings. The fraction of sp³-hybridized carbons (Fsp3) is 0.667. The van der Waals surface area contributed by atoms with E-state index < -0.39 is 7.37 Å². The average molecular weight is 148 g/mol. The molecule has 9 heavy (non-hydrogen) atoms. The van der Waals surface area contributed by atoms with Gasteiger partial charge >= 0.3 is 0 Å². The van der Waals surface area contributed by atoms with Gasteiger partial charge in [-0.2, -0.15) is 0 Å². The van der Waals surface area contributed by atoms with Crippen molar-refractivity contribution in [1.82, 2.24) is 0 Å². The summed E-state index contributed by atoms with van der Waals surface area (Å²) in [7, 11) is -2.47. The first kappa shape index (κ1) is 8.93. The first-order valence-corrected chi connectivity index (χ1v) is 5.01. The number of hydrogen-bond acceptors (Lipinski definition) is 2. The summed E-state index contributed by atoms with van der Waals surface area (Å²) >= 11 is 0. The Balaban J connectivity index is 3.88. The lowest BCUT2D eigenvalue weighted by Crippen LogP contribution is -1.97. The van der Waals surface area contributed by atoms with E-state index in [1.165, 1.54) is 5.82 Å². The van der Waals surface area contributed by atoms with Crippen LogP contribution in [0, 0.1) is 0 Å². The molecule has 3 heteroatoms. The third kappa shape index (κ3) is 4.43. The highest BCUT2D eigenvalue weighted by Gasteiger charge is 2.10. The highest BCUT2D eigenvalue weighted by molar-refractivity contribution is 7.61. The Morgan fingerprint density at radius 2 is 2.11 bits per heavy atom. The molecular formula is C6H13O2P. The minimum atomic E-state index is -2.47. The van der Waals surface area contributed by atoms with E-state index in [1.807, 2.05) is 13.8 Å². The van der Waals surface area contributed by atoms with Crippen LogP contribution in [0.1, 0.15) is 13.8 Å². The molecule has 0 aliphatic heterocycles. The molecule has 0 spiro atoms. The van der Waals surface area contributed by atoms with Crippen molar-refractivity contribution in [1.29, 1.82) is 0 Å². The molecule has 0 saturated carbocycles. The topological polar surface area (TPSA) is 26.3 Å². The van der Waals surface area contributed by atoms with Gasteiger partial charge < -0.3 is 4.52 Å². The van der Waals surface area contributed by atoms with E-state index in [-0.39, 0.29) is 6.10 Å². The molecule has 0 radical (unpaired) electrons. The Morgan fingerprint density at radius 1 is 1.67 bits per heavy atom. The largest absolute Gasteiger partial charge is 0.323 e. The van der Waals surface area contributed by atoms with Crippen molar-refractivity contribution in [3.63, 3.8) is 0 Å². The van der Waals surface area contributed by atoms with Crippen LogP contribution in [0.5, 0.6) is 0 Å². The quantitative estimate of drug-likeness (QED) is 0.574. The maximum Gasteiger partial charge on any atom is 0.221 e. The molecule has 0 amide bonds. The van der Waals surface area contributed by atoms with Gasteiger partial charge in [-0.1, -0.05) is 6.58 Å². The van der Waals surface area contributed by atoms with Gasteiger partial charge in [0, 0.05) is 6.66 Å². The smallest absolute Gasteiger partial charge is 0.221 e. The van der Waals surface area contributed by atoms with Gasteiger partial charge in [-0.3, -0.25) is 4.57 Å². The average Bonchev–Trinajstić information content (AvgIpc) is 1.63. The van der Waals surface area contributed by atoms with Gasteiger partial charge in [-0.15, -0.1) is 0 Å². The lowest BCUT2D eigenvalue weighted by Gasteiger charge is -2.11. The van der Waals surface area contributed by atoms with Gasteiger partial charge in [0.05, 0.1) is 6.10 Å². The summed E-state index contributed by atoms with van der Waals surface area (Å²) in [5.41, 5.74) is 0. The van der Waals surface area contributed by atoms with Gasteiger partial charge in [0.2, 0.25) is 7.37 Å². The maximum atomic E-state index is 11.1. The standard InChI is InChI=1S/C6H13O2P/c1-5-9(4,7)8-6(2)3/h5-6H,1H2,2-4H3. The van der Waals surface area contributed by atoms with Gasteiger partial charge in [0.25, 0.3) is 0 Å². The molecule has 0 rings (SSSR count). The molecule has 0 saturated heterocycles. The Bertz CT molecular complexity index is 140. The SMILES string of the molecule is C=CP(C)(=O)OC(C)C. The predicted molar refractivity (Wildman–Crippen MR) is 39.9 cm³/mol. The highest BCUT2D eigenvalue weighted by Crippen LogP contribution is 2.44. The van der Waals surface area contributed by atoms with Crippen molar-refractivity contribution in [2.24, 2.45) is 0 Å². The van der Waals surface area contributed by atoms with E-state index in [4.69, 9.17) is 4.52 Å². The number of rotatable bonds is 3. The van der Waals surface area contributed by atoms with Crippen LogP contribution in [-0.4, -0.2) is 12.8 Å². The zero-order valence-electron chi connectivity index (χ0n) is 6.13. The maximum absolute atomic E-state index is 11.1. The lowest BCUT2D eigenvalue weighted by molar-refractivity contribution is 0.251. The van der Waals surface area contributed by atoms with Crippen LogP contribution in [0.3, 0.4) is 0 Å². The second kappa shape index (κ2) is 3.19. The minimum absolute atomic E-state index is 0.0128. The summed E-state index contributed by atoms with van der Waals surface area (Å²) in [5.74, 6) is 1.37. The fourth-order valence-electron chi connectivity index (χ4n) is 0.462. The van der Waals surface area contributed by atoms with Gasteiger partial charge in [-0.05, 0) is 19.7 Å². The monoisotopic (exact) mass is 148 g/mol. The van der Waals surface area contributed by atoms with Crippen LogP contribution >= 0.6 is 7.37 Å². The molecule has 2 nitrogen and oxygen atoms in total. The van der Waals surface area contributed by atoms with Crippen LogP contribution in [0.4, 0.5) is 0 Å². The Hall–Kier alpha value is -0.0700. The van der Waals surface area contributed by atoms with Crippen LogP contribution in [0.2, 0.25) is 0 Å². The molecule has 0 aromatic rings. The van der Waals surface area contributed by atoms with E-state index in [0.29, 0.717) is 0 Å². The van der Waals surface area contributed by atoms with Crippen molar-refractivity contribution in [2.45, 2.75) is 20.0 Å². The van der Waals surface area contributed by atoms with E-state index in [2.05, 4.69) is 6.58 Å². The molecule has 0 aromatic heterocycles. The first-order valence-electron chi connectivity index (χ1n) is 2.87. The fourth-order valence-corrected chi connectivity index (χ4v) is 1.38. The Kier molecular flexibility index (Phi) is 3.16. The molecule has 1 unspecified atom stereocenters. The molecule has 54 valence electrons. The summed E-state index contributed by atoms with van der Waals surface area (Å²) in [5, 5.41) is 0. The minimum Gasteiger partial charge on any atom is -0.323 e. The first-order chi connectivity index (χ1) is 3.98. The van der Waals surface area contributed by atoms with Crippen LogP contribution in [0.25, 0.3) is 0 Å². The van der Waals surface area contributed by atoms with Crippen LogP contribution in [-0.2, 0) is 9.09 Å². The highest BCUT2D eigenvalue weighted by atomic mass is 31.2. The van der Waals surface area contributed by atoms with Gasteiger partial charge in [0.1, 0.15) is 0 Å². The van der Waals surface area contributed by atoms with Gasteiger partial charge in [0.15, 0.2) is 0 Å². The van der Waals surface area contributed by atoms with Crippen molar-refractivity contribution in [3.05, 3.63) is 12.4 Å². The summed E-state index contributed by atoms with van der Waals surface area (Å²) < 4.78 is 16.1. The normalized spacial score (nSPS) is 17.3. The van der Waals surface area contributed by atoms with Crippen molar-refractivity contribution in [2.75, 3.05) is 6.66 Å². The molecular weight excluding hydrogens is 135 g/mol. The zero-order chi connectivity index (χ0) is 7.49. The lowest BCUT2D eigenvalue weighted by atomic mass is 10.5. The second-order valence-electron chi connectivity index (χ2n) is 2.25. The molecule has 1 atom stereocenters. The Morgan fingerprint density at radius 3 is 2.22 bits per heavy atom. The van der Waals surface area contributed by atoms with E-state index in [0.717, 1.165) is 0 Å². The second-order valence-corrected chi connectivity index (χ2v) is 4.64. The molecule has 0 bridgehead atoms. The Labute approximate surface area is 56.4 Å². The van der Waals surface area contributed by atoms with E-state index >= 15 is 0 Å².